The number of aliphatic hydroxyl groups excluding tert-OH is 1. The zero-order valence-electron chi connectivity index (χ0n) is 13.3. The van der Waals surface area contributed by atoms with E-state index in [0.29, 0.717) is 11.8 Å². The quantitative estimate of drug-likeness (QED) is 0.942. The average molecular weight is 302 g/mol. The Labute approximate surface area is 130 Å². The first-order valence-corrected chi connectivity index (χ1v) is 7.70. The maximum atomic E-state index is 10.1. The maximum absolute atomic E-state index is 10.1. The number of aliphatic hydroxyl groups is 1. The molecule has 1 atom stereocenters. The molecule has 0 unspecified atom stereocenters. The van der Waals surface area contributed by atoms with E-state index >= 15 is 0 Å². The van der Waals surface area contributed by atoms with Crippen LogP contribution in [0.5, 0.6) is 5.75 Å². The summed E-state index contributed by atoms with van der Waals surface area (Å²) >= 11 is 0. The van der Waals surface area contributed by atoms with E-state index in [1.54, 1.807) is 0 Å². The summed E-state index contributed by atoms with van der Waals surface area (Å²) in [5, 5.41) is 18.2. The van der Waals surface area contributed by atoms with E-state index in [1.165, 1.54) is 0 Å². The lowest BCUT2D eigenvalue weighted by atomic mass is 9.89. The second-order valence-electron chi connectivity index (χ2n) is 6.77. The third-order valence-electron chi connectivity index (χ3n) is 3.89. The van der Waals surface area contributed by atoms with Crippen molar-refractivity contribution in [2.75, 3.05) is 0 Å². The fourth-order valence-corrected chi connectivity index (χ4v) is 2.68. The summed E-state index contributed by atoms with van der Waals surface area (Å²) in [4.78, 5) is 0. The van der Waals surface area contributed by atoms with E-state index in [9.17, 15) is 5.11 Å². The van der Waals surface area contributed by atoms with Gasteiger partial charge in [0, 0.05) is 5.41 Å². The third-order valence-corrected chi connectivity index (χ3v) is 3.89. The Balaban J connectivity index is 1.75. The fraction of sp³-hybridized carbons (Fsp3) is 0.529. The van der Waals surface area contributed by atoms with E-state index < -0.39 is 0 Å². The SMILES string of the molecule is CC(C)(C)c1nnc(COc2cccc3c2CCC[C@H]3O)o1. The molecule has 1 heterocycles. The standard InChI is InChI=1S/C17H22N2O3/c1-17(2,3)16-19-18-15(22-16)10-21-14-9-5-6-11-12(14)7-4-8-13(11)20/h5-6,9,13,20H,4,7-8,10H2,1-3H3/t13-/m1/s1. The number of ether oxygens (including phenoxy) is 1. The van der Waals surface area contributed by atoms with E-state index in [1.807, 2.05) is 39.0 Å². The lowest BCUT2D eigenvalue weighted by Gasteiger charge is -2.23. The van der Waals surface area contributed by atoms with Crippen molar-refractivity contribution in [3.05, 3.63) is 41.1 Å². The number of fused-ring (bicyclic) bond motifs is 1. The van der Waals surface area contributed by atoms with Crippen molar-refractivity contribution in [2.45, 2.75) is 58.2 Å². The monoisotopic (exact) mass is 302 g/mol. The number of hydrogen-bond donors (Lipinski definition) is 1. The molecule has 0 saturated heterocycles. The van der Waals surface area contributed by atoms with E-state index in [2.05, 4.69) is 10.2 Å². The highest BCUT2D eigenvalue weighted by Gasteiger charge is 2.23. The highest BCUT2D eigenvalue weighted by atomic mass is 16.5. The van der Waals surface area contributed by atoms with Gasteiger partial charge in [-0.25, -0.2) is 0 Å². The summed E-state index contributed by atoms with van der Waals surface area (Å²) < 4.78 is 11.5. The van der Waals surface area contributed by atoms with Crippen LogP contribution in [0, 0.1) is 0 Å². The van der Waals surface area contributed by atoms with Gasteiger partial charge in [0.1, 0.15) is 5.75 Å². The minimum Gasteiger partial charge on any atom is -0.484 e. The number of hydrogen-bond acceptors (Lipinski definition) is 5. The molecule has 0 saturated carbocycles. The molecule has 0 amide bonds. The molecule has 22 heavy (non-hydrogen) atoms. The summed E-state index contributed by atoms with van der Waals surface area (Å²) in [5.74, 6) is 1.88. The van der Waals surface area contributed by atoms with Gasteiger partial charge < -0.3 is 14.3 Å². The van der Waals surface area contributed by atoms with Crippen molar-refractivity contribution in [2.24, 2.45) is 0 Å². The van der Waals surface area contributed by atoms with Crippen LogP contribution in [0.25, 0.3) is 0 Å². The lowest BCUT2D eigenvalue weighted by Crippen LogP contribution is -2.11. The molecule has 118 valence electrons. The van der Waals surface area contributed by atoms with Crippen molar-refractivity contribution < 1.29 is 14.3 Å². The number of aromatic nitrogens is 2. The summed E-state index contributed by atoms with van der Waals surface area (Å²) in [6.07, 6.45) is 2.33. The lowest BCUT2D eigenvalue weighted by molar-refractivity contribution is 0.154. The molecule has 0 radical (unpaired) electrons. The first-order chi connectivity index (χ1) is 10.4. The molecule has 3 rings (SSSR count). The van der Waals surface area contributed by atoms with Crippen molar-refractivity contribution in [3.8, 4) is 5.75 Å². The van der Waals surface area contributed by atoms with E-state index in [-0.39, 0.29) is 18.1 Å². The summed E-state index contributed by atoms with van der Waals surface area (Å²) in [6, 6.07) is 5.81. The Kier molecular flexibility index (Phi) is 3.91. The fourth-order valence-electron chi connectivity index (χ4n) is 2.68. The van der Waals surface area contributed by atoms with Gasteiger partial charge in [0.25, 0.3) is 5.89 Å². The smallest absolute Gasteiger partial charge is 0.253 e. The second kappa shape index (κ2) is 5.72. The number of nitrogens with zero attached hydrogens (tertiary/aromatic N) is 2. The minimum absolute atomic E-state index is 0.165. The Morgan fingerprint density at radius 1 is 1.32 bits per heavy atom. The van der Waals surface area contributed by atoms with Gasteiger partial charge in [0.05, 0.1) is 6.10 Å². The van der Waals surface area contributed by atoms with Gasteiger partial charge in [-0.3, -0.25) is 0 Å². The highest BCUT2D eigenvalue weighted by molar-refractivity contribution is 5.42. The van der Waals surface area contributed by atoms with Gasteiger partial charge in [-0.05, 0) is 36.5 Å². The first-order valence-electron chi connectivity index (χ1n) is 7.70. The molecule has 5 heteroatoms. The van der Waals surface area contributed by atoms with Crippen LogP contribution in [0.1, 0.15) is 62.6 Å². The van der Waals surface area contributed by atoms with Gasteiger partial charge in [0.2, 0.25) is 5.89 Å². The molecule has 1 aliphatic carbocycles. The van der Waals surface area contributed by atoms with Crippen molar-refractivity contribution in [1.29, 1.82) is 0 Å². The molecular formula is C17H22N2O3. The zero-order valence-corrected chi connectivity index (χ0v) is 13.3. The van der Waals surface area contributed by atoms with Gasteiger partial charge in [-0.2, -0.15) is 0 Å². The normalized spacial score (nSPS) is 18.1. The topological polar surface area (TPSA) is 68.4 Å². The number of benzene rings is 1. The Bertz CT molecular complexity index is 658. The number of rotatable bonds is 3. The van der Waals surface area contributed by atoms with Gasteiger partial charge in [-0.15, -0.1) is 10.2 Å². The van der Waals surface area contributed by atoms with Crippen molar-refractivity contribution in [1.82, 2.24) is 10.2 Å². The van der Waals surface area contributed by atoms with E-state index in [0.717, 1.165) is 36.1 Å². The molecule has 1 aliphatic rings. The Morgan fingerprint density at radius 3 is 2.86 bits per heavy atom. The van der Waals surface area contributed by atoms with Crippen LogP contribution in [0.3, 0.4) is 0 Å². The van der Waals surface area contributed by atoms with Crippen molar-refractivity contribution in [3.63, 3.8) is 0 Å². The van der Waals surface area contributed by atoms with E-state index in [4.69, 9.17) is 9.15 Å². The van der Waals surface area contributed by atoms with Gasteiger partial charge >= 0.3 is 0 Å². The molecule has 1 N–H and O–H groups in total. The second-order valence-corrected chi connectivity index (χ2v) is 6.77. The molecule has 0 aliphatic heterocycles. The van der Waals surface area contributed by atoms with Crippen LogP contribution in [0.15, 0.2) is 22.6 Å². The summed E-state index contributed by atoms with van der Waals surface area (Å²) in [7, 11) is 0. The highest BCUT2D eigenvalue weighted by Crippen LogP contribution is 2.35. The van der Waals surface area contributed by atoms with Crippen molar-refractivity contribution >= 4 is 0 Å². The van der Waals surface area contributed by atoms with Gasteiger partial charge in [0.15, 0.2) is 6.61 Å². The zero-order chi connectivity index (χ0) is 15.7. The van der Waals surface area contributed by atoms with Gasteiger partial charge in [-0.1, -0.05) is 32.9 Å². The molecule has 0 fully saturated rings. The van der Waals surface area contributed by atoms with Crippen LogP contribution < -0.4 is 4.74 Å². The molecule has 5 nitrogen and oxygen atoms in total. The molecular weight excluding hydrogens is 280 g/mol. The Hall–Kier alpha value is -1.88. The summed E-state index contributed by atoms with van der Waals surface area (Å²) in [6.45, 7) is 6.33. The maximum Gasteiger partial charge on any atom is 0.253 e. The van der Waals surface area contributed by atoms with Crippen LogP contribution in [0.2, 0.25) is 0 Å². The largest absolute Gasteiger partial charge is 0.484 e. The first kappa shape index (κ1) is 15.0. The molecule has 2 aromatic rings. The van der Waals surface area contributed by atoms with Crippen LogP contribution in [-0.2, 0) is 18.4 Å². The third kappa shape index (κ3) is 2.99. The molecule has 1 aromatic heterocycles. The minimum atomic E-state index is -0.386. The molecule has 0 spiro atoms. The van der Waals surface area contributed by atoms with Crippen LogP contribution in [0.4, 0.5) is 0 Å². The predicted molar refractivity (Wildman–Crippen MR) is 81.7 cm³/mol. The molecule has 0 bridgehead atoms. The summed E-state index contributed by atoms with van der Waals surface area (Å²) in [5.41, 5.74) is 1.91. The Morgan fingerprint density at radius 2 is 2.14 bits per heavy atom. The molecule has 1 aromatic carbocycles. The van der Waals surface area contributed by atoms with Crippen LogP contribution in [-0.4, -0.2) is 15.3 Å². The predicted octanol–water partition coefficient (Wildman–Crippen LogP) is 3.32. The van der Waals surface area contributed by atoms with Crippen LogP contribution >= 0.6 is 0 Å². The average Bonchev–Trinajstić information content (AvgIpc) is 2.95.